The number of carbonyl (C=O) groups excluding carboxylic acids is 1. The molecular weight excluding hydrogens is 416 g/mol. The molecule has 0 radical (unpaired) electrons. The minimum Gasteiger partial charge on any atom is -0.490 e. The topological polar surface area (TPSA) is 82.3 Å². The van der Waals surface area contributed by atoms with Crippen molar-refractivity contribution in [3.63, 3.8) is 0 Å². The molecule has 2 rings (SSSR count). The largest absolute Gasteiger partial charge is 0.490 e. The van der Waals surface area contributed by atoms with E-state index in [0.717, 1.165) is 24.3 Å². The molecule has 0 aliphatic heterocycles. The number of halogens is 5. The Labute approximate surface area is 167 Å². The van der Waals surface area contributed by atoms with Gasteiger partial charge >= 0.3 is 6.18 Å². The number of aliphatic hydroxyl groups is 1. The van der Waals surface area contributed by atoms with Gasteiger partial charge in [-0.3, -0.25) is 4.79 Å². The van der Waals surface area contributed by atoms with Crippen LogP contribution in [0.3, 0.4) is 0 Å². The first-order valence-electron chi connectivity index (χ1n) is 7.87. The second-order valence-corrected chi connectivity index (χ2v) is 6.22. The van der Waals surface area contributed by atoms with E-state index < -0.39 is 41.2 Å². The predicted octanol–water partition coefficient (Wildman–Crippen LogP) is 4.30. The third kappa shape index (κ3) is 5.25. The van der Waals surface area contributed by atoms with Gasteiger partial charge in [0.2, 0.25) is 0 Å². The Balaban J connectivity index is 2.19. The number of amides is 1. The van der Waals surface area contributed by atoms with E-state index in [4.69, 9.17) is 21.6 Å². The molecule has 2 aromatic carbocycles. The zero-order chi connectivity index (χ0) is 21.8. The van der Waals surface area contributed by atoms with E-state index in [1.165, 1.54) is 18.2 Å². The van der Waals surface area contributed by atoms with Gasteiger partial charge in [0.15, 0.2) is 5.60 Å². The summed E-state index contributed by atoms with van der Waals surface area (Å²) in [7, 11) is 0. The Bertz CT molecular complexity index is 988. The molecule has 0 bridgehead atoms. The lowest BCUT2D eigenvalue weighted by Crippen LogP contribution is -2.46. The van der Waals surface area contributed by atoms with Crippen molar-refractivity contribution in [3.8, 4) is 11.8 Å². The minimum atomic E-state index is -4.82. The molecule has 152 valence electrons. The summed E-state index contributed by atoms with van der Waals surface area (Å²) in [4.78, 5) is 12.4. The standard InChI is InChI=1S/C19H13ClF4N2O3/c1-2-18(28,10-29-13-5-6-15(20)16(21)8-13)17(27)26-12-4-3-11(9-25)14(7-12)19(22,23)24/h2-8,28H,1,10H2,(H,26,27). The van der Waals surface area contributed by atoms with Crippen LogP contribution in [0.2, 0.25) is 5.02 Å². The van der Waals surface area contributed by atoms with Crippen LogP contribution >= 0.6 is 11.6 Å². The van der Waals surface area contributed by atoms with Crippen molar-refractivity contribution in [1.82, 2.24) is 0 Å². The maximum Gasteiger partial charge on any atom is 0.417 e. The molecule has 0 aliphatic rings. The van der Waals surface area contributed by atoms with E-state index >= 15 is 0 Å². The molecule has 0 saturated heterocycles. The summed E-state index contributed by atoms with van der Waals surface area (Å²) in [5.41, 5.74) is -4.52. The highest BCUT2D eigenvalue weighted by Crippen LogP contribution is 2.33. The fraction of sp³-hybridized carbons (Fsp3) is 0.158. The number of carbonyl (C=O) groups is 1. The first-order chi connectivity index (χ1) is 13.5. The van der Waals surface area contributed by atoms with E-state index in [2.05, 4.69) is 11.9 Å². The van der Waals surface area contributed by atoms with E-state index in [1.807, 2.05) is 0 Å². The fourth-order valence-electron chi connectivity index (χ4n) is 2.17. The normalized spacial score (nSPS) is 13.1. The van der Waals surface area contributed by atoms with Gasteiger partial charge in [0.05, 0.1) is 22.2 Å². The van der Waals surface area contributed by atoms with Gasteiger partial charge in [0.25, 0.3) is 5.91 Å². The summed E-state index contributed by atoms with van der Waals surface area (Å²) in [5.74, 6) is -1.97. The van der Waals surface area contributed by atoms with Crippen molar-refractivity contribution in [2.45, 2.75) is 11.8 Å². The molecule has 0 aromatic heterocycles. The number of hydrogen-bond acceptors (Lipinski definition) is 4. The third-order valence-corrected chi connectivity index (χ3v) is 4.09. The Morgan fingerprint density at radius 1 is 1.31 bits per heavy atom. The zero-order valence-corrected chi connectivity index (χ0v) is 15.3. The Morgan fingerprint density at radius 2 is 2.00 bits per heavy atom. The van der Waals surface area contributed by atoms with Gasteiger partial charge in [-0.15, -0.1) is 0 Å². The quantitative estimate of drug-likeness (QED) is 0.531. The van der Waals surface area contributed by atoms with Gasteiger partial charge in [0, 0.05) is 11.8 Å². The van der Waals surface area contributed by atoms with Crippen LogP contribution in [0.4, 0.5) is 23.2 Å². The predicted molar refractivity (Wildman–Crippen MR) is 96.8 cm³/mol. The van der Waals surface area contributed by atoms with Crippen LogP contribution in [-0.2, 0) is 11.0 Å². The fourth-order valence-corrected chi connectivity index (χ4v) is 2.29. The van der Waals surface area contributed by atoms with Crippen LogP contribution in [0.1, 0.15) is 11.1 Å². The van der Waals surface area contributed by atoms with E-state index in [9.17, 15) is 27.5 Å². The molecule has 1 atom stereocenters. The molecule has 10 heteroatoms. The maximum atomic E-state index is 13.4. The Kier molecular flexibility index (Phi) is 6.51. The molecule has 1 unspecified atom stereocenters. The van der Waals surface area contributed by atoms with Crippen LogP contribution in [0.5, 0.6) is 5.75 Å². The van der Waals surface area contributed by atoms with E-state index in [-0.39, 0.29) is 16.5 Å². The zero-order valence-electron chi connectivity index (χ0n) is 14.6. The molecule has 0 fully saturated rings. The molecule has 2 aromatic rings. The molecule has 0 aliphatic carbocycles. The molecule has 0 saturated carbocycles. The van der Waals surface area contributed by atoms with Gasteiger partial charge in [-0.2, -0.15) is 18.4 Å². The first kappa shape index (κ1) is 22.2. The summed E-state index contributed by atoms with van der Waals surface area (Å²) in [6.45, 7) is 2.61. The smallest absolute Gasteiger partial charge is 0.417 e. The summed E-state index contributed by atoms with van der Waals surface area (Å²) >= 11 is 5.54. The number of alkyl halides is 3. The summed E-state index contributed by atoms with van der Waals surface area (Å²) in [6, 6.07) is 7.37. The van der Waals surface area contributed by atoms with Crippen molar-refractivity contribution in [1.29, 1.82) is 5.26 Å². The van der Waals surface area contributed by atoms with Crippen LogP contribution < -0.4 is 10.1 Å². The highest BCUT2D eigenvalue weighted by molar-refractivity contribution is 6.30. The second-order valence-electron chi connectivity index (χ2n) is 5.82. The third-order valence-electron chi connectivity index (χ3n) is 3.78. The Morgan fingerprint density at radius 3 is 2.55 bits per heavy atom. The number of rotatable bonds is 6. The number of anilines is 1. The first-order valence-corrected chi connectivity index (χ1v) is 8.24. The van der Waals surface area contributed by atoms with Crippen molar-refractivity contribution in [3.05, 3.63) is 71.0 Å². The monoisotopic (exact) mass is 428 g/mol. The van der Waals surface area contributed by atoms with Gasteiger partial charge in [-0.25, -0.2) is 4.39 Å². The van der Waals surface area contributed by atoms with E-state index in [1.54, 1.807) is 0 Å². The Hall–Kier alpha value is -3.09. The van der Waals surface area contributed by atoms with Crippen molar-refractivity contribution in [2.24, 2.45) is 0 Å². The van der Waals surface area contributed by atoms with E-state index in [0.29, 0.717) is 6.07 Å². The molecule has 0 heterocycles. The summed E-state index contributed by atoms with van der Waals surface area (Å²) in [5, 5.41) is 21.2. The maximum absolute atomic E-state index is 13.4. The molecule has 2 N–H and O–H groups in total. The lowest BCUT2D eigenvalue weighted by Gasteiger charge is -2.24. The number of benzene rings is 2. The average Bonchev–Trinajstić information content (AvgIpc) is 2.67. The van der Waals surface area contributed by atoms with Gasteiger partial charge in [0.1, 0.15) is 18.2 Å². The van der Waals surface area contributed by atoms with Crippen LogP contribution in [-0.4, -0.2) is 23.2 Å². The van der Waals surface area contributed by atoms with Gasteiger partial charge in [-0.05, 0) is 36.4 Å². The van der Waals surface area contributed by atoms with Gasteiger partial charge in [-0.1, -0.05) is 18.2 Å². The van der Waals surface area contributed by atoms with Crippen LogP contribution in [0, 0.1) is 17.1 Å². The van der Waals surface area contributed by atoms with Crippen molar-refractivity contribution in [2.75, 3.05) is 11.9 Å². The van der Waals surface area contributed by atoms with Crippen LogP contribution in [0.25, 0.3) is 0 Å². The van der Waals surface area contributed by atoms with Crippen molar-refractivity contribution >= 4 is 23.2 Å². The van der Waals surface area contributed by atoms with Gasteiger partial charge < -0.3 is 15.2 Å². The number of hydrogen-bond donors (Lipinski definition) is 2. The number of nitrogens with zero attached hydrogens (tertiary/aromatic N) is 1. The SMILES string of the molecule is C=CC(O)(COc1ccc(Cl)c(F)c1)C(=O)Nc1ccc(C#N)c(C(F)(F)F)c1. The van der Waals surface area contributed by atoms with Crippen molar-refractivity contribution < 1.29 is 32.2 Å². The molecule has 29 heavy (non-hydrogen) atoms. The molecular formula is C19H13ClF4N2O3. The molecule has 5 nitrogen and oxygen atoms in total. The number of ether oxygens (including phenoxy) is 1. The number of nitrogens with one attached hydrogen (secondary N) is 1. The molecule has 1 amide bonds. The number of nitriles is 1. The molecule has 0 spiro atoms. The highest BCUT2D eigenvalue weighted by Gasteiger charge is 2.36. The lowest BCUT2D eigenvalue weighted by atomic mass is 10.0. The second kappa shape index (κ2) is 8.51. The van der Waals surface area contributed by atoms with Crippen LogP contribution in [0.15, 0.2) is 49.1 Å². The lowest BCUT2D eigenvalue weighted by molar-refractivity contribution is -0.138. The minimum absolute atomic E-state index is 0.0438. The average molecular weight is 429 g/mol. The highest BCUT2D eigenvalue weighted by atomic mass is 35.5. The summed E-state index contributed by atoms with van der Waals surface area (Å²) in [6.07, 6.45) is -3.99. The summed E-state index contributed by atoms with van der Waals surface area (Å²) < 4.78 is 57.7.